The topological polar surface area (TPSA) is 92.5 Å². The Morgan fingerprint density at radius 1 is 0.906 bits per heavy atom. The Morgan fingerprint density at radius 2 is 1.59 bits per heavy atom. The minimum absolute atomic E-state index is 0.124. The van der Waals surface area contributed by atoms with Gasteiger partial charge in [0.15, 0.2) is 5.82 Å². The molecule has 8 heteroatoms. The van der Waals surface area contributed by atoms with Crippen LogP contribution in [-0.2, 0) is 0 Å². The van der Waals surface area contributed by atoms with Crippen LogP contribution in [0.1, 0.15) is 27.0 Å². The fraction of sp³-hybridized carbons (Fsp3) is 0.292. The fourth-order valence-electron chi connectivity index (χ4n) is 4.00. The highest BCUT2D eigenvalue weighted by molar-refractivity contribution is 5.98. The second kappa shape index (κ2) is 8.74. The van der Waals surface area contributed by atoms with Gasteiger partial charge in [0.1, 0.15) is 5.56 Å². The number of hydrogen-bond donors (Lipinski definition) is 0. The van der Waals surface area contributed by atoms with E-state index in [-0.39, 0.29) is 17.2 Å². The van der Waals surface area contributed by atoms with E-state index in [0.29, 0.717) is 26.2 Å². The zero-order valence-corrected chi connectivity index (χ0v) is 18.4. The molecule has 32 heavy (non-hydrogen) atoms. The van der Waals surface area contributed by atoms with Crippen molar-refractivity contribution in [3.8, 4) is 11.3 Å². The van der Waals surface area contributed by atoms with Crippen LogP contribution in [0, 0.1) is 30.9 Å². The molecule has 1 aliphatic heterocycles. The van der Waals surface area contributed by atoms with Gasteiger partial charge in [-0.25, -0.2) is 0 Å². The highest BCUT2D eigenvalue weighted by Gasteiger charge is 2.27. The summed E-state index contributed by atoms with van der Waals surface area (Å²) in [6, 6.07) is 14.3. The molecule has 0 aliphatic carbocycles. The first kappa shape index (κ1) is 21.4. The van der Waals surface area contributed by atoms with Crippen LogP contribution >= 0.6 is 0 Å². The number of rotatable bonds is 4. The fourth-order valence-corrected chi connectivity index (χ4v) is 4.00. The molecule has 0 bridgehead atoms. The molecule has 0 unspecified atom stereocenters. The van der Waals surface area contributed by atoms with Crippen molar-refractivity contribution in [2.24, 2.45) is 0 Å². The summed E-state index contributed by atoms with van der Waals surface area (Å²) in [4.78, 5) is 27.3. The van der Waals surface area contributed by atoms with Crippen molar-refractivity contribution in [1.29, 1.82) is 0 Å². The summed E-state index contributed by atoms with van der Waals surface area (Å²) in [7, 11) is 0. The molecule has 0 spiro atoms. The lowest BCUT2D eigenvalue weighted by molar-refractivity contribution is -0.385. The van der Waals surface area contributed by atoms with Crippen LogP contribution in [0.4, 0.5) is 11.5 Å². The quantitative estimate of drug-likeness (QED) is 0.459. The summed E-state index contributed by atoms with van der Waals surface area (Å²) in [6.07, 6.45) is 0. The molecule has 4 rings (SSSR count). The minimum Gasteiger partial charge on any atom is -0.352 e. The molecule has 1 aromatic heterocycles. The van der Waals surface area contributed by atoms with E-state index in [1.54, 1.807) is 17.0 Å². The number of amides is 1. The zero-order chi connectivity index (χ0) is 22.8. The zero-order valence-electron chi connectivity index (χ0n) is 18.4. The Hall–Kier alpha value is -3.81. The van der Waals surface area contributed by atoms with Gasteiger partial charge in [0.2, 0.25) is 0 Å². The monoisotopic (exact) mass is 431 g/mol. The molecule has 1 saturated heterocycles. The van der Waals surface area contributed by atoms with E-state index in [4.69, 9.17) is 0 Å². The number of nitro benzene ring substituents is 1. The van der Waals surface area contributed by atoms with E-state index in [9.17, 15) is 14.9 Å². The van der Waals surface area contributed by atoms with E-state index in [1.807, 2.05) is 12.1 Å². The molecule has 0 N–H and O–H groups in total. The molecular formula is C24H25N5O3. The smallest absolute Gasteiger partial charge is 0.282 e. The average Bonchev–Trinajstić information content (AvgIpc) is 2.81. The Morgan fingerprint density at radius 3 is 2.25 bits per heavy atom. The van der Waals surface area contributed by atoms with Gasteiger partial charge in [0, 0.05) is 37.8 Å². The highest BCUT2D eigenvalue weighted by atomic mass is 16.6. The van der Waals surface area contributed by atoms with Gasteiger partial charge >= 0.3 is 0 Å². The van der Waals surface area contributed by atoms with Gasteiger partial charge in [-0.15, -0.1) is 10.2 Å². The maximum Gasteiger partial charge on any atom is 0.282 e. The molecule has 3 aromatic rings. The Labute approximate surface area is 186 Å². The number of piperazine rings is 1. The molecular weight excluding hydrogens is 406 g/mol. The van der Waals surface area contributed by atoms with Crippen LogP contribution in [0.5, 0.6) is 0 Å². The lowest BCUT2D eigenvalue weighted by Gasteiger charge is -2.35. The van der Waals surface area contributed by atoms with Crippen LogP contribution in [0.2, 0.25) is 0 Å². The first-order valence-corrected chi connectivity index (χ1v) is 10.5. The summed E-state index contributed by atoms with van der Waals surface area (Å²) in [5.41, 5.74) is 5.51. The number of anilines is 1. The van der Waals surface area contributed by atoms with Crippen molar-refractivity contribution in [3.63, 3.8) is 0 Å². The van der Waals surface area contributed by atoms with Gasteiger partial charge in [-0.1, -0.05) is 18.2 Å². The predicted octanol–water partition coefficient (Wildman–Crippen LogP) is 3.94. The number of benzene rings is 2. The first-order valence-electron chi connectivity index (χ1n) is 10.5. The summed E-state index contributed by atoms with van der Waals surface area (Å²) in [6.45, 7) is 8.36. The number of para-hydroxylation sites is 1. The molecule has 0 radical (unpaired) electrons. The maximum absolute atomic E-state index is 12.8. The molecule has 1 aliphatic rings. The Balaban J connectivity index is 1.44. The number of carbonyl (C=O) groups is 1. The van der Waals surface area contributed by atoms with Crippen LogP contribution in [0.25, 0.3) is 11.3 Å². The molecule has 1 amide bonds. The van der Waals surface area contributed by atoms with E-state index in [2.05, 4.69) is 48.0 Å². The lowest BCUT2D eigenvalue weighted by atomic mass is 9.99. The molecule has 0 atom stereocenters. The number of hydrogen-bond acceptors (Lipinski definition) is 6. The average molecular weight is 431 g/mol. The third kappa shape index (κ3) is 4.16. The standard InChI is InChI=1S/C24H25N5O3/c1-16-14-18(3)20(15-17(16)2)21-8-9-23(26-25-21)27-10-12-28(13-11-27)24(30)19-6-4-5-7-22(19)29(31)32/h4-9,14-15H,10-13H2,1-3H3. The second-order valence-corrected chi connectivity index (χ2v) is 8.08. The SMILES string of the molecule is Cc1cc(C)c(-c2ccc(N3CCN(C(=O)c4ccccc4[N+](=O)[O-])CC3)nn2)cc1C. The Kier molecular flexibility index (Phi) is 5.85. The second-order valence-electron chi connectivity index (χ2n) is 8.08. The molecule has 2 aromatic carbocycles. The number of nitrogens with zero attached hydrogens (tertiary/aromatic N) is 5. The van der Waals surface area contributed by atoms with Gasteiger partial charge in [-0.3, -0.25) is 14.9 Å². The Bertz CT molecular complexity index is 1170. The van der Waals surface area contributed by atoms with Crippen molar-refractivity contribution < 1.29 is 9.72 Å². The van der Waals surface area contributed by atoms with Gasteiger partial charge in [-0.05, 0) is 61.7 Å². The summed E-state index contributed by atoms with van der Waals surface area (Å²) >= 11 is 0. The number of aromatic nitrogens is 2. The molecule has 2 heterocycles. The van der Waals surface area contributed by atoms with Gasteiger partial charge in [-0.2, -0.15) is 0 Å². The third-order valence-corrected chi connectivity index (χ3v) is 5.99. The van der Waals surface area contributed by atoms with Crippen molar-refractivity contribution >= 4 is 17.4 Å². The molecule has 0 saturated carbocycles. The van der Waals surface area contributed by atoms with E-state index >= 15 is 0 Å². The summed E-state index contributed by atoms with van der Waals surface area (Å²) in [5, 5.41) is 20.1. The summed E-state index contributed by atoms with van der Waals surface area (Å²) < 4.78 is 0. The highest BCUT2D eigenvalue weighted by Crippen LogP contribution is 2.26. The number of aryl methyl sites for hydroxylation is 3. The maximum atomic E-state index is 12.8. The molecule has 1 fully saturated rings. The normalized spacial score (nSPS) is 13.8. The predicted molar refractivity (Wildman–Crippen MR) is 123 cm³/mol. The van der Waals surface area contributed by atoms with E-state index < -0.39 is 4.92 Å². The minimum atomic E-state index is -0.516. The van der Waals surface area contributed by atoms with Crippen molar-refractivity contribution in [3.05, 3.63) is 80.9 Å². The molecule has 164 valence electrons. The van der Waals surface area contributed by atoms with E-state index in [0.717, 1.165) is 22.6 Å². The first-order chi connectivity index (χ1) is 15.3. The van der Waals surface area contributed by atoms with Crippen molar-refractivity contribution in [1.82, 2.24) is 15.1 Å². The van der Waals surface area contributed by atoms with Crippen molar-refractivity contribution in [2.45, 2.75) is 20.8 Å². The number of nitro groups is 1. The third-order valence-electron chi connectivity index (χ3n) is 5.99. The molecule has 8 nitrogen and oxygen atoms in total. The van der Waals surface area contributed by atoms with E-state index in [1.165, 1.54) is 23.3 Å². The van der Waals surface area contributed by atoms with Gasteiger partial charge < -0.3 is 9.80 Å². The van der Waals surface area contributed by atoms with Crippen LogP contribution < -0.4 is 4.90 Å². The van der Waals surface area contributed by atoms with Crippen LogP contribution in [0.15, 0.2) is 48.5 Å². The number of carbonyl (C=O) groups excluding carboxylic acids is 1. The van der Waals surface area contributed by atoms with Gasteiger partial charge in [0.05, 0.1) is 10.6 Å². The summed E-state index contributed by atoms with van der Waals surface area (Å²) in [5.74, 6) is 0.441. The van der Waals surface area contributed by atoms with Gasteiger partial charge in [0.25, 0.3) is 11.6 Å². The lowest BCUT2D eigenvalue weighted by Crippen LogP contribution is -2.49. The van der Waals surface area contributed by atoms with Crippen LogP contribution in [0.3, 0.4) is 0 Å². The van der Waals surface area contributed by atoms with Crippen molar-refractivity contribution in [2.75, 3.05) is 31.1 Å². The largest absolute Gasteiger partial charge is 0.352 e. The van der Waals surface area contributed by atoms with Crippen LogP contribution in [-0.4, -0.2) is 52.1 Å².